The van der Waals surface area contributed by atoms with Crippen LogP contribution in [-0.4, -0.2) is 32.5 Å². The number of benzene rings is 1. The zero-order chi connectivity index (χ0) is 14.5. The van der Waals surface area contributed by atoms with Crippen LogP contribution in [0.2, 0.25) is 0 Å². The van der Waals surface area contributed by atoms with Crippen molar-refractivity contribution >= 4 is 23.7 Å². The van der Waals surface area contributed by atoms with E-state index in [-0.39, 0.29) is 5.75 Å². The minimum absolute atomic E-state index is 0.0453. The quantitative estimate of drug-likeness (QED) is 0.810. The number of nitrogens with two attached hydrogens (primary N) is 1. The number of carbonyl (C=O) groups excluding carboxylic acids is 2. The molecule has 1 aromatic heterocycles. The second kappa shape index (κ2) is 6.20. The molecule has 104 valence electrons. The van der Waals surface area contributed by atoms with E-state index in [9.17, 15) is 9.59 Å². The lowest BCUT2D eigenvalue weighted by Crippen LogP contribution is -2.36. The van der Waals surface area contributed by atoms with Crippen LogP contribution in [0, 0.1) is 0 Å². The van der Waals surface area contributed by atoms with Gasteiger partial charge in [-0.3, -0.25) is 10.1 Å². The van der Waals surface area contributed by atoms with Crippen molar-refractivity contribution in [2.24, 2.45) is 12.8 Å². The fourth-order valence-corrected chi connectivity index (χ4v) is 2.29. The summed E-state index contributed by atoms with van der Waals surface area (Å²) in [7, 11) is 1.82. The number of primary amides is 1. The highest BCUT2D eigenvalue weighted by Crippen LogP contribution is 2.21. The first-order valence-corrected chi connectivity index (χ1v) is 6.73. The molecule has 0 saturated carbocycles. The Bertz CT molecular complexity index is 626. The number of imide groups is 1. The lowest BCUT2D eigenvalue weighted by molar-refractivity contribution is -0.117. The molecule has 0 fully saturated rings. The van der Waals surface area contributed by atoms with Crippen molar-refractivity contribution in [1.29, 1.82) is 0 Å². The molecular formula is C12H13N5O2S. The molecule has 0 bridgehead atoms. The molecule has 0 radical (unpaired) electrons. The van der Waals surface area contributed by atoms with Crippen LogP contribution in [0.15, 0.2) is 35.5 Å². The van der Waals surface area contributed by atoms with Crippen molar-refractivity contribution in [2.75, 3.05) is 5.75 Å². The highest BCUT2D eigenvalue weighted by molar-refractivity contribution is 7.99. The monoisotopic (exact) mass is 291 g/mol. The Morgan fingerprint density at radius 1 is 1.30 bits per heavy atom. The second-order valence-electron chi connectivity index (χ2n) is 3.93. The summed E-state index contributed by atoms with van der Waals surface area (Å²) < 4.78 is 1.79. The van der Waals surface area contributed by atoms with Gasteiger partial charge in [-0.05, 0) is 0 Å². The molecule has 8 heteroatoms. The van der Waals surface area contributed by atoms with E-state index >= 15 is 0 Å². The van der Waals surface area contributed by atoms with Gasteiger partial charge in [-0.15, -0.1) is 10.2 Å². The third kappa shape index (κ3) is 3.35. The minimum atomic E-state index is -0.862. The normalized spacial score (nSPS) is 10.2. The van der Waals surface area contributed by atoms with Crippen LogP contribution in [0.25, 0.3) is 11.4 Å². The highest BCUT2D eigenvalue weighted by Gasteiger charge is 2.13. The van der Waals surface area contributed by atoms with Crippen LogP contribution < -0.4 is 11.1 Å². The van der Waals surface area contributed by atoms with E-state index in [1.165, 1.54) is 11.8 Å². The van der Waals surface area contributed by atoms with Gasteiger partial charge < -0.3 is 10.3 Å². The first kappa shape index (κ1) is 14.1. The predicted octanol–water partition coefficient (Wildman–Crippen LogP) is 0.769. The third-order valence-corrected chi connectivity index (χ3v) is 3.48. The van der Waals surface area contributed by atoms with Gasteiger partial charge in [0.1, 0.15) is 0 Å². The number of rotatable bonds is 4. The number of thioether (sulfide) groups is 1. The summed E-state index contributed by atoms with van der Waals surface area (Å²) in [5.74, 6) is 0.291. The molecule has 2 aromatic rings. The van der Waals surface area contributed by atoms with Crippen LogP contribution >= 0.6 is 11.8 Å². The van der Waals surface area contributed by atoms with Crippen LogP contribution in [0.5, 0.6) is 0 Å². The standard InChI is InChI=1S/C12H13N5O2S/c1-17-10(8-5-3-2-4-6-8)15-16-12(17)20-7-9(18)14-11(13)19/h2-6H,7H2,1H3,(H3,13,14,18,19). The first-order chi connectivity index (χ1) is 9.58. The molecule has 1 aromatic carbocycles. The highest BCUT2D eigenvalue weighted by atomic mass is 32.2. The summed E-state index contributed by atoms with van der Waals surface area (Å²) in [6.07, 6.45) is 0. The molecule has 7 nitrogen and oxygen atoms in total. The van der Waals surface area contributed by atoms with Gasteiger partial charge in [0.25, 0.3) is 0 Å². The van der Waals surface area contributed by atoms with Crippen LogP contribution in [0.1, 0.15) is 0 Å². The number of hydrogen-bond donors (Lipinski definition) is 2. The summed E-state index contributed by atoms with van der Waals surface area (Å²) in [4.78, 5) is 21.8. The minimum Gasteiger partial charge on any atom is -0.351 e. The molecule has 0 saturated heterocycles. The van der Waals surface area contributed by atoms with Crippen LogP contribution in [0.3, 0.4) is 0 Å². The molecule has 20 heavy (non-hydrogen) atoms. The van der Waals surface area contributed by atoms with Crippen molar-refractivity contribution < 1.29 is 9.59 Å². The second-order valence-corrected chi connectivity index (χ2v) is 4.87. The lowest BCUT2D eigenvalue weighted by atomic mass is 10.2. The predicted molar refractivity (Wildman–Crippen MR) is 74.9 cm³/mol. The van der Waals surface area contributed by atoms with Crippen molar-refractivity contribution in [3.05, 3.63) is 30.3 Å². The van der Waals surface area contributed by atoms with Gasteiger partial charge in [0, 0.05) is 12.6 Å². The van der Waals surface area contributed by atoms with E-state index < -0.39 is 11.9 Å². The Morgan fingerprint density at radius 2 is 2.00 bits per heavy atom. The van der Waals surface area contributed by atoms with Gasteiger partial charge in [0.15, 0.2) is 11.0 Å². The number of hydrogen-bond acceptors (Lipinski definition) is 5. The molecular weight excluding hydrogens is 278 g/mol. The molecule has 0 atom stereocenters. The lowest BCUT2D eigenvalue weighted by Gasteiger charge is -2.03. The maximum Gasteiger partial charge on any atom is 0.318 e. The molecule has 0 spiro atoms. The maximum absolute atomic E-state index is 11.3. The van der Waals surface area contributed by atoms with E-state index in [1.807, 2.05) is 42.7 Å². The maximum atomic E-state index is 11.3. The number of urea groups is 1. The summed E-state index contributed by atoms with van der Waals surface area (Å²) >= 11 is 1.18. The van der Waals surface area contributed by atoms with Crippen molar-refractivity contribution in [1.82, 2.24) is 20.1 Å². The summed E-state index contributed by atoms with van der Waals surface area (Å²) in [5.41, 5.74) is 5.80. The van der Waals surface area contributed by atoms with E-state index in [1.54, 1.807) is 4.57 Å². The van der Waals surface area contributed by atoms with Crippen molar-refractivity contribution in [3.63, 3.8) is 0 Å². The molecule has 0 aliphatic heterocycles. The van der Waals surface area contributed by atoms with Crippen molar-refractivity contribution in [2.45, 2.75) is 5.16 Å². The summed E-state index contributed by atoms with van der Waals surface area (Å²) in [5, 5.41) is 10.7. The number of carbonyl (C=O) groups is 2. The fraction of sp³-hybridized carbons (Fsp3) is 0.167. The van der Waals surface area contributed by atoms with Gasteiger partial charge in [0.2, 0.25) is 5.91 Å². The Hall–Kier alpha value is -2.35. The average Bonchev–Trinajstić information content (AvgIpc) is 2.78. The van der Waals surface area contributed by atoms with E-state index in [0.29, 0.717) is 11.0 Å². The first-order valence-electron chi connectivity index (χ1n) is 5.75. The Labute approximate surface area is 119 Å². The molecule has 2 rings (SSSR count). The van der Waals surface area contributed by atoms with Gasteiger partial charge in [-0.1, -0.05) is 42.1 Å². The number of nitrogens with one attached hydrogen (secondary N) is 1. The molecule has 0 aliphatic carbocycles. The number of aromatic nitrogens is 3. The topological polar surface area (TPSA) is 103 Å². The average molecular weight is 291 g/mol. The van der Waals surface area contributed by atoms with Crippen molar-refractivity contribution in [3.8, 4) is 11.4 Å². The molecule has 3 amide bonds. The smallest absolute Gasteiger partial charge is 0.318 e. The molecule has 0 aliphatic rings. The molecule has 0 unspecified atom stereocenters. The summed E-state index contributed by atoms with van der Waals surface area (Å²) in [6, 6.07) is 8.74. The Morgan fingerprint density at radius 3 is 2.65 bits per heavy atom. The summed E-state index contributed by atoms with van der Waals surface area (Å²) in [6.45, 7) is 0. The van der Waals surface area contributed by atoms with Crippen LogP contribution in [0.4, 0.5) is 4.79 Å². The van der Waals surface area contributed by atoms with Gasteiger partial charge in [0.05, 0.1) is 5.75 Å². The molecule has 1 heterocycles. The number of amides is 3. The zero-order valence-corrected chi connectivity index (χ0v) is 11.6. The number of nitrogens with zero attached hydrogens (tertiary/aromatic N) is 3. The van der Waals surface area contributed by atoms with E-state index in [0.717, 1.165) is 5.56 Å². The largest absolute Gasteiger partial charge is 0.351 e. The zero-order valence-electron chi connectivity index (χ0n) is 10.7. The van der Waals surface area contributed by atoms with Gasteiger partial charge in [-0.2, -0.15) is 0 Å². The third-order valence-electron chi connectivity index (χ3n) is 2.46. The SMILES string of the molecule is Cn1c(SCC(=O)NC(N)=O)nnc1-c1ccccc1. The Kier molecular flexibility index (Phi) is 4.36. The van der Waals surface area contributed by atoms with Gasteiger partial charge in [-0.25, -0.2) is 4.79 Å². The Balaban J connectivity index is 2.06. The van der Waals surface area contributed by atoms with Crippen LogP contribution in [-0.2, 0) is 11.8 Å². The van der Waals surface area contributed by atoms with E-state index in [4.69, 9.17) is 5.73 Å². The fourth-order valence-electron chi connectivity index (χ4n) is 1.58. The van der Waals surface area contributed by atoms with E-state index in [2.05, 4.69) is 10.2 Å². The molecule has 3 N–H and O–H groups in total. The van der Waals surface area contributed by atoms with Gasteiger partial charge >= 0.3 is 6.03 Å².